The molecule has 0 aromatic heterocycles. The molecule has 17 heavy (non-hydrogen) atoms. The van der Waals surface area contributed by atoms with E-state index in [2.05, 4.69) is 13.5 Å². The van der Waals surface area contributed by atoms with Crippen LogP contribution in [0.4, 0.5) is 0 Å². The van der Waals surface area contributed by atoms with Crippen molar-refractivity contribution in [2.45, 2.75) is 52.1 Å². The molecule has 3 aliphatic rings. The third-order valence-electron chi connectivity index (χ3n) is 5.51. The summed E-state index contributed by atoms with van der Waals surface area (Å²) in [7, 11) is 0. The summed E-state index contributed by atoms with van der Waals surface area (Å²) in [5.74, 6) is 1.18. The molecule has 1 aliphatic heterocycles. The molecule has 2 nitrogen and oxygen atoms in total. The first-order valence-corrected chi connectivity index (χ1v) is 6.89. The zero-order chi connectivity index (χ0) is 12.2. The molecule has 94 valence electrons. The van der Waals surface area contributed by atoms with E-state index in [4.69, 9.17) is 4.74 Å². The number of esters is 1. The maximum Gasteiger partial charge on any atom is 0.309 e. The van der Waals surface area contributed by atoms with E-state index in [0.717, 1.165) is 12.8 Å². The summed E-state index contributed by atoms with van der Waals surface area (Å²) >= 11 is 0. The van der Waals surface area contributed by atoms with E-state index in [0.29, 0.717) is 17.3 Å². The predicted octanol–water partition coefficient (Wildman–Crippen LogP) is 3.32. The van der Waals surface area contributed by atoms with Crippen LogP contribution in [0.1, 0.15) is 46.0 Å². The number of carbonyl (C=O) groups is 1. The van der Waals surface area contributed by atoms with Gasteiger partial charge in [0.15, 0.2) is 0 Å². The minimum atomic E-state index is 0.0212. The summed E-state index contributed by atoms with van der Waals surface area (Å²) in [5.41, 5.74) is 1.75. The highest BCUT2D eigenvalue weighted by atomic mass is 16.6. The average molecular weight is 234 g/mol. The molecule has 3 fully saturated rings. The molecule has 0 spiro atoms. The Morgan fingerprint density at radius 1 is 1.47 bits per heavy atom. The van der Waals surface area contributed by atoms with Gasteiger partial charge in [0.05, 0.1) is 5.92 Å². The Morgan fingerprint density at radius 2 is 2.24 bits per heavy atom. The minimum Gasteiger partial charge on any atom is -0.462 e. The Kier molecular flexibility index (Phi) is 2.39. The van der Waals surface area contributed by atoms with Crippen molar-refractivity contribution in [3.63, 3.8) is 0 Å². The number of ether oxygens (including phenoxy) is 1. The first-order chi connectivity index (χ1) is 8.01. The molecule has 0 amide bonds. The number of hydrogen-bond donors (Lipinski definition) is 0. The van der Waals surface area contributed by atoms with Crippen molar-refractivity contribution < 1.29 is 9.53 Å². The van der Waals surface area contributed by atoms with Gasteiger partial charge in [0.2, 0.25) is 0 Å². The summed E-state index contributed by atoms with van der Waals surface area (Å²) in [6.45, 7) is 8.68. The van der Waals surface area contributed by atoms with Crippen LogP contribution in [-0.2, 0) is 9.53 Å². The van der Waals surface area contributed by atoms with Crippen molar-refractivity contribution in [2.75, 3.05) is 0 Å². The monoisotopic (exact) mass is 234 g/mol. The SMILES string of the molecule is C=C1CCC[C@]2(C)CC3OC(=O)C(C)C3CC12. The molecule has 3 rings (SSSR count). The highest BCUT2D eigenvalue weighted by Crippen LogP contribution is 2.56. The molecule has 0 aromatic carbocycles. The van der Waals surface area contributed by atoms with Gasteiger partial charge in [0, 0.05) is 5.92 Å². The van der Waals surface area contributed by atoms with Gasteiger partial charge in [-0.3, -0.25) is 4.79 Å². The molecule has 1 saturated heterocycles. The summed E-state index contributed by atoms with van der Waals surface area (Å²) in [6, 6.07) is 0. The second kappa shape index (κ2) is 3.60. The van der Waals surface area contributed by atoms with Gasteiger partial charge in [0.1, 0.15) is 6.10 Å². The van der Waals surface area contributed by atoms with E-state index in [1.807, 2.05) is 6.92 Å². The van der Waals surface area contributed by atoms with E-state index in [1.165, 1.54) is 24.8 Å². The molecule has 1 heterocycles. The standard InChI is InChI=1S/C15H22O2/c1-9-5-4-6-15(3)8-13-11(7-12(9)15)10(2)14(16)17-13/h10-13H,1,4-8H2,2-3H3/t10?,11?,12?,13?,15-/m1/s1. The summed E-state index contributed by atoms with van der Waals surface area (Å²) < 4.78 is 5.56. The number of allylic oxidation sites excluding steroid dienone is 1. The van der Waals surface area contributed by atoms with Gasteiger partial charge in [-0.25, -0.2) is 0 Å². The van der Waals surface area contributed by atoms with Crippen LogP contribution in [0.5, 0.6) is 0 Å². The van der Waals surface area contributed by atoms with Gasteiger partial charge in [-0.2, -0.15) is 0 Å². The maximum atomic E-state index is 11.7. The van der Waals surface area contributed by atoms with Crippen LogP contribution in [0.25, 0.3) is 0 Å². The Balaban J connectivity index is 1.88. The van der Waals surface area contributed by atoms with E-state index in [1.54, 1.807) is 0 Å². The Morgan fingerprint density at radius 3 is 3.00 bits per heavy atom. The molecule has 0 aromatic rings. The van der Waals surface area contributed by atoms with Gasteiger partial charge in [-0.05, 0) is 43.4 Å². The molecule has 5 atom stereocenters. The van der Waals surface area contributed by atoms with Gasteiger partial charge in [0.25, 0.3) is 0 Å². The lowest BCUT2D eigenvalue weighted by atomic mass is 9.55. The summed E-state index contributed by atoms with van der Waals surface area (Å²) in [4.78, 5) is 11.7. The van der Waals surface area contributed by atoms with E-state index in [9.17, 15) is 4.79 Å². The van der Waals surface area contributed by atoms with Crippen LogP contribution in [0, 0.1) is 23.2 Å². The highest BCUT2D eigenvalue weighted by Gasteiger charge is 2.53. The van der Waals surface area contributed by atoms with Crippen LogP contribution in [0.2, 0.25) is 0 Å². The Labute approximate surface area is 103 Å². The second-order valence-corrected chi connectivity index (χ2v) is 6.59. The molecule has 2 heteroatoms. The third-order valence-corrected chi connectivity index (χ3v) is 5.51. The van der Waals surface area contributed by atoms with Crippen LogP contribution >= 0.6 is 0 Å². The topological polar surface area (TPSA) is 26.3 Å². The van der Waals surface area contributed by atoms with Crippen molar-refractivity contribution in [3.8, 4) is 0 Å². The molecule has 0 bridgehead atoms. The lowest BCUT2D eigenvalue weighted by Gasteiger charge is -2.49. The zero-order valence-electron chi connectivity index (χ0n) is 10.9. The number of rotatable bonds is 0. The van der Waals surface area contributed by atoms with Gasteiger partial charge in [-0.15, -0.1) is 0 Å². The van der Waals surface area contributed by atoms with Gasteiger partial charge in [-0.1, -0.05) is 26.0 Å². The second-order valence-electron chi connectivity index (χ2n) is 6.59. The highest BCUT2D eigenvalue weighted by molar-refractivity contribution is 5.75. The van der Waals surface area contributed by atoms with Crippen LogP contribution in [-0.4, -0.2) is 12.1 Å². The first-order valence-electron chi connectivity index (χ1n) is 6.89. The van der Waals surface area contributed by atoms with Crippen molar-refractivity contribution in [1.82, 2.24) is 0 Å². The molecule has 0 radical (unpaired) electrons. The number of carbonyl (C=O) groups excluding carboxylic acids is 1. The van der Waals surface area contributed by atoms with Crippen molar-refractivity contribution >= 4 is 5.97 Å². The average Bonchev–Trinajstić information content (AvgIpc) is 2.52. The van der Waals surface area contributed by atoms with Crippen LogP contribution < -0.4 is 0 Å². The van der Waals surface area contributed by atoms with Crippen LogP contribution in [0.3, 0.4) is 0 Å². The van der Waals surface area contributed by atoms with Gasteiger partial charge >= 0.3 is 5.97 Å². The summed E-state index contributed by atoms with van der Waals surface area (Å²) in [5, 5.41) is 0. The quantitative estimate of drug-likeness (QED) is 0.475. The fourth-order valence-electron chi connectivity index (χ4n) is 4.38. The molecule has 2 aliphatic carbocycles. The summed E-state index contributed by atoms with van der Waals surface area (Å²) in [6.07, 6.45) is 6.06. The zero-order valence-corrected chi connectivity index (χ0v) is 10.9. The Hall–Kier alpha value is -0.790. The minimum absolute atomic E-state index is 0.0212. The fourth-order valence-corrected chi connectivity index (χ4v) is 4.38. The number of hydrogen-bond acceptors (Lipinski definition) is 2. The normalized spacial score (nSPS) is 49.5. The Bertz CT molecular complexity index is 373. The molecular formula is C15H22O2. The first kappa shape index (κ1) is 11.3. The van der Waals surface area contributed by atoms with E-state index in [-0.39, 0.29) is 18.0 Å². The maximum absolute atomic E-state index is 11.7. The van der Waals surface area contributed by atoms with Crippen LogP contribution in [0.15, 0.2) is 12.2 Å². The van der Waals surface area contributed by atoms with Crippen molar-refractivity contribution in [3.05, 3.63) is 12.2 Å². The fraction of sp³-hybridized carbons (Fsp3) is 0.800. The van der Waals surface area contributed by atoms with Crippen molar-refractivity contribution in [2.24, 2.45) is 23.2 Å². The lowest BCUT2D eigenvalue weighted by molar-refractivity contribution is -0.145. The third kappa shape index (κ3) is 1.56. The van der Waals surface area contributed by atoms with E-state index < -0.39 is 0 Å². The molecule has 4 unspecified atom stereocenters. The molecule has 2 saturated carbocycles. The number of fused-ring (bicyclic) bond motifs is 2. The van der Waals surface area contributed by atoms with Gasteiger partial charge < -0.3 is 4.74 Å². The van der Waals surface area contributed by atoms with E-state index >= 15 is 0 Å². The molecule has 0 N–H and O–H groups in total. The smallest absolute Gasteiger partial charge is 0.309 e. The molecular weight excluding hydrogens is 212 g/mol. The largest absolute Gasteiger partial charge is 0.462 e. The van der Waals surface area contributed by atoms with Crippen molar-refractivity contribution in [1.29, 1.82) is 0 Å². The lowest BCUT2D eigenvalue weighted by Crippen LogP contribution is -2.44. The predicted molar refractivity (Wildman–Crippen MR) is 66.4 cm³/mol.